The molecule has 0 spiro atoms. The molecule has 1 aliphatic rings. The third kappa shape index (κ3) is 14.5. The summed E-state index contributed by atoms with van der Waals surface area (Å²) in [5, 5.41) is 23.7. The van der Waals surface area contributed by atoms with Crippen LogP contribution in [0.25, 0.3) is 89.6 Å². The van der Waals surface area contributed by atoms with Crippen molar-refractivity contribution in [2.45, 2.75) is 92.6 Å². The number of nitrogens with one attached hydrogen (secondary N) is 6. The molecule has 11 rings (SSSR count). The third-order valence-electron chi connectivity index (χ3n) is 15.5. The van der Waals surface area contributed by atoms with E-state index in [-0.39, 0.29) is 24.1 Å². The highest BCUT2D eigenvalue weighted by atomic mass is 16.6. The van der Waals surface area contributed by atoms with Gasteiger partial charge in [-0.3, -0.25) is 24.7 Å². The van der Waals surface area contributed by atoms with Crippen LogP contribution in [-0.4, -0.2) is 139 Å². The minimum Gasteiger partial charge on any atom is -0.444 e. The van der Waals surface area contributed by atoms with Crippen molar-refractivity contribution in [1.82, 2.24) is 70.7 Å². The monoisotopic (exact) mass is 1200 g/mol. The molecular formula is C68H78N14O7. The number of aromatic amines is 3. The number of fused-ring (bicyclic) bond motifs is 2. The Morgan fingerprint density at radius 1 is 0.685 bits per heavy atom. The molecule has 1 fully saturated rings. The van der Waals surface area contributed by atoms with E-state index in [1.807, 2.05) is 125 Å². The molecule has 7 heterocycles. The van der Waals surface area contributed by atoms with E-state index in [9.17, 15) is 14.4 Å². The molecule has 1 aliphatic heterocycles. The van der Waals surface area contributed by atoms with Gasteiger partial charge in [0, 0.05) is 105 Å². The molecule has 0 radical (unpaired) electrons. The number of carbonyl (C=O) groups is 3. The van der Waals surface area contributed by atoms with Crippen LogP contribution in [0.2, 0.25) is 0 Å². The predicted octanol–water partition coefficient (Wildman–Crippen LogP) is 11.8. The van der Waals surface area contributed by atoms with E-state index >= 15 is 0 Å². The highest BCUT2D eigenvalue weighted by molar-refractivity contribution is 6.02. The number of carbonyl (C=O) groups excluding carboxylic acids is 3. The number of methoxy groups -OCH3 is 2. The van der Waals surface area contributed by atoms with Gasteiger partial charge in [0.2, 0.25) is 0 Å². The molecule has 462 valence electrons. The Morgan fingerprint density at radius 3 is 1.82 bits per heavy atom. The highest BCUT2D eigenvalue weighted by Gasteiger charge is 2.28. The summed E-state index contributed by atoms with van der Waals surface area (Å²) in [4.78, 5) is 66.7. The second kappa shape index (κ2) is 28.6. The molecule has 0 bridgehead atoms. The van der Waals surface area contributed by atoms with Crippen LogP contribution in [0.4, 0.5) is 4.79 Å². The van der Waals surface area contributed by atoms with Crippen molar-refractivity contribution in [3.05, 3.63) is 155 Å². The average Bonchev–Trinajstić information content (AvgIpc) is 1.97. The standard InChI is InChI=1S/C39H47N7O5.C29H31N7O2/c1-7-45(38(48)51-39(3,4)5)24-28-22-40-23-30(25(28)2)27-16-17-31-29(21-27)34(44-46(31)32-15-11-12-19-50-32)36-42-33(26-13-9-8-10-14-26)35(43-36)37(47)41-18-20-49-6;1-4-30-15-21-16-31-17-23(18(21)2)20-10-11-24-22(14-20)26(36-35-24)28-33-25(19-8-6-5-7-9-19)27(34-28)29(37)32-12-13-38-3/h8-10,13-14,16-17,21-23,32H,7,11-12,15,18-20,24H2,1-6H3,(H,41,47)(H,42,43);5-11,14,16-17,30H,4,12-13,15H2,1-3H3,(H,32,37)(H,33,34)(H,35,36). The van der Waals surface area contributed by atoms with Crippen LogP contribution in [0.15, 0.2) is 122 Å². The number of rotatable bonds is 21. The quantitative estimate of drug-likeness (QED) is 0.0366. The number of aromatic nitrogens is 10. The third-order valence-corrected chi connectivity index (χ3v) is 15.5. The summed E-state index contributed by atoms with van der Waals surface area (Å²) in [5.41, 5.74) is 14.2. The maximum Gasteiger partial charge on any atom is 0.410 e. The molecule has 1 saturated heterocycles. The lowest BCUT2D eigenvalue weighted by molar-refractivity contribution is -0.0365. The van der Waals surface area contributed by atoms with Gasteiger partial charge in [-0.1, -0.05) is 79.7 Å². The summed E-state index contributed by atoms with van der Waals surface area (Å²) < 4.78 is 24.0. The van der Waals surface area contributed by atoms with Gasteiger partial charge >= 0.3 is 6.09 Å². The summed E-state index contributed by atoms with van der Waals surface area (Å²) >= 11 is 0. The Bertz CT molecular complexity index is 4070. The number of imidazole rings is 2. The van der Waals surface area contributed by atoms with E-state index in [0.29, 0.717) is 91.8 Å². The normalized spacial score (nSPS) is 13.3. The van der Waals surface area contributed by atoms with Crippen LogP contribution < -0.4 is 16.0 Å². The molecule has 1 atom stereocenters. The van der Waals surface area contributed by atoms with E-state index in [2.05, 4.69) is 90.3 Å². The van der Waals surface area contributed by atoms with Crippen LogP contribution in [-0.2, 0) is 32.0 Å². The van der Waals surface area contributed by atoms with Crippen LogP contribution in [0.5, 0.6) is 0 Å². The van der Waals surface area contributed by atoms with Crippen molar-refractivity contribution in [3.63, 3.8) is 0 Å². The maximum atomic E-state index is 13.5. The molecule has 4 aromatic carbocycles. The predicted molar refractivity (Wildman–Crippen MR) is 345 cm³/mol. The van der Waals surface area contributed by atoms with Gasteiger partial charge in [-0.2, -0.15) is 10.2 Å². The van der Waals surface area contributed by atoms with Crippen LogP contribution in [0.3, 0.4) is 0 Å². The lowest BCUT2D eigenvalue weighted by Crippen LogP contribution is -2.36. The summed E-state index contributed by atoms with van der Waals surface area (Å²) in [7, 11) is 3.20. The maximum absolute atomic E-state index is 13.5. The number of hydrogen-bond donors (Lipinski definition) is 6. The number of hydrogen-bond acceptors (Lipinski definition) is 14. The van der Waals surface area contributed by atoms with Gasteiger partial charge in [-0.05, 0) is 125 Å². The fourth-order valence-corrected chi connectivity index (χ4v) is 10.8. The lowest BCUT2D eigenvalue weighted by atomic mass is 9.97. The molecule has 21 heteroatoms. The van der Waals surface area contributed by atoms with E-state index in [4.69, 9.17) is 34.0 Å². The zero-order chi connectivity index (χ0) is 62.6. The number of pyridine rings is 2. The highest BCUT2D eigenvalue weighted by Crippen LogP contribution is 2.38. The van der Waals surface area contributed by atoms with Crippen LogP contribution in [0, 0.1) is 13.8 Å². The number of benzene rings is 4. The summed E-state index contributed by atoms with van der Waals surface area (Å²) in [5.74, 6) is 0.456. The first-order valence-electron chi connectivity index (χ1n) is 30.2. The molecule has 3 amide bonds. The zero-order valence-electron chi connectivity index (χ0n) is 52.0. The average molecular weight is 1200 g/mol. The number of H-pyrrole nitrogens is 3. The molecule has 6 N–H and O–H groups in total. The van der Waals surface area contributed by atoms with E-state index in [0.717, 1.165) is 98.7 Å². The molecule has 10 aromatic rings. The Balaban J connectivity index is 0.000000205. The van der Waals surface area contributed by atoms with Gasteiger partial charge in [0.05, 0.1) is 30.8 Å². The Kier molecular flexibility index (Phi) is 20.1. The van der Waals surface area contributed by atoms with Gasteiger partial charge < -0.3 is 49.8 Å². The summed E-state index contributed by atoms with van der Waals surface area (Å²) in [6.45, 7) is 18.6. The molecule has 6 aromatic heterocycles. The molecule has 89 heavy (non-hydrogen) atoms. The summed E-state index contributed by atoms with van der Waals surface area (Å²) in [6, 6.07) is 31.7. The fraction of sp³-hybridized carbons (Fsp3) is 0.338. The Hall–Kier alpha value is -9.41. The van der Waals surface area contributed by atoms with E-state index in [1.165, 1.54) is 11.1 Å². The van der Waals surface area contributed by atoms with Gasteiger partial charge in [0.15, 0.2) is 17.9 Å². The van der Waals surface area contributed by atoms with E-state index < -0.39 is 5.60 Å². The van der Waals surface area contributed by atoms with Crippen molar-refractivity contribution >= 4 is 39.7 Å². The Morgan fingerprint density at radius 2 is 1.26 bits per heavy atom. The van der Waals surface area contributed by atoms with Crippen molar-refractivity contribution in [3.8, 4) is 67.8 Å². The molecule has 1 unspecified atom stereocenters. The van der Waals surface area contributed by atoms with Gasteiger partial charge in [-0.25, -0.2) is 19.4 Å². The first-order chi connectivity index (χ1) is 43.2. The van der Waals surface area contributed by atoms with Gasteiger partial charge in [0.1, 0.15) is 39.8 Å². The van der Waals surface area contributed by atoms with Gasteiger partial charge in [0.25, 0.3) is 11.8 Å². The topological polar surface area (TPSA) is 257 Å². The minimum atomic E-state index is -0.593. The first-order valence-corrected chi connectivity index (χ1v) is 30.2. The van der Waals surface area contributed by atoms with Crippen molar-refractivity contribution < 1.29 is 33.3 Å². The molecular weight excluding hydrogens is 1120 g/mol. The number of amides is 3. The largest absolute Gasteiger partial charge is 0.444 e. The second-order valence-corrected chi connectivity index (χ2v) is 22.7. The SMILES string of the molecule is CCN(Cc1cncc(-c2ccc3c(c2)c(-c2nc(-c4ccccc4)c(C(=O)NCCOC)[nH]2)nn3C2CCCCO2)c1C)C(=O)OC(C)(C)C.CCNCc1cncc(-c2ccc3[nH]nc(-c4nc(-c5ccccc5)c(C(=O)NCCOC)[nH]4)c3c2)c1C. The first kappa shape index (κ1) is 62.6. The van der Waals surface area contributed by atoms with E-state index in [1.54, 1.807) is 25.3 Å². The minimum absolute atomic E-state index is 0.221. The molecule has 21 nitrogen and oxygen atoms in total. The van der Waals surface area contributed by atoms with Crippen molar-refractivity contribution in [2.75, 3.05) is 60.2 Å². The second-order valence-electron chi connectivity index (χ2n) is 22.7. The summed E-state index contributed by atoms with van der Waals surface area (Å²) in [6.07, 6.45) is 9.78. The van der Waals surface area contributed by atoms with Crippen molar-refractivity contribution in [1.29, 1.82) is 0 Å². The number of nitrogens with zero attached hydrogens (tertiary/aromatic N) is 8. The zero-order valence-corrected chi connectivity index (χ0v) is 52.0. The van der Waals surface area contributed by atoms with Crippen molar-refractivity contribution in [2.24, 2.45) is 0 Å². The smallest absolute Gasteiger partial charge is 0.410 e. The Labute approximate surface area is 517 Å². The van der Waals surface area contributed by atoms with Crippen LogP contribution >= 0.6 is 0 Å². The van der Waals surface area contributed by atoms with Crippen LogP contribution in [0.1, 0.15) is 103 Å². The molecule has 0 aliphatic carbocycles. The number of ether oxygens (including phenoxy) is 4. The molecule has 0 saturated carbocycles. The fourth-order valence-electron chi connectivity index (χ4n) is 10.8. The lowest BCUT2D eigenvalue weighted by Gasteiger charge is -2.27. The van der Waals surface area contributed by atoms with Gasteiger partial charge in [-0.15, -0.1) is 0 Å².